The molecule has 1 amide bonds. The van der Waals surface area contributed by atoms with Crippen LogP contribution in [0.4, 0.5) is 5.13 Å². The predicted octanol–water partition coefficient (Wildman–Crippen LogP) is 1.65. The number of piperidine rings is 1. The Morgan fingerprint density at radius 2 is 2.08 bits per heavy atom. The fraction of sp³-hybridized carbons (Fsp3) is 0.588. The molecule has 1 N–H and O–H groups in total. The van der Waals surface area contributed by atoms with Crippen LogP contribution in [0.2, 0.25) is 0 Å². The van der Waals surface area contributed by atoms with Crippen molar-refractivity contribution >= 4 is 22.4 Å². The Bertz CT molecular complexity index is 707. The topological polar surface area (TPSA) is 66.3 Å². The molecule has 0 radical (unpaired) electrons. The molecule has 8 heteroatoms. The van der Waals surface area contributed by atoms with Crippen LogP contribution in [0.15, 0.2) is 24.0 Å². The van der Waals surface area contributed by atoms with Gasteiger partial charge in [-0.3, -0.25) is 14.6 Å². The summed E-state index contributed by atoms with van der Waals surface area (Å²) in [7, 11) is 0. The lowest BCUT2D eigenvalue weighted by atomic mass is 10.0. The lowest BCUT2D eigenvalue weighted by Crippen LogP contribution is -2.51. The molecule has 0 saturated carbocycles. The van der Waals surface area contributed by atoms with Crippen LogP contribution in [0, 0.1) is 0 Å². The molecule has 4 rings (SSSR count). The summed E-state index contributed by atoms with van der Waals surface area (Å²) in [5, 5.41) is 5.45. The predicted molar refractivity (Wildman–Crippen MR) is 97.4 cm³/mol. The summed E-state index contributed by atoms with van der Waals surface area (Å²) in [5.41, 5.74) is 0. The Morgan fingerprint density at radius 3 is 2.84 bits per heavy atom. The van der Waals surface area contributed by atoms with Gasteiger partial charge in [0, 0.05) is 56.2 Å². The number of rotatable bonds is 4. The zero-order valence-electron chi connectivity index (χ0n) is 14.5. The summed E-state index contributed by atoms with van der Waals surface area (Å²) < 4.78 is 2.25. The summed E-state index contributed by atoms with van der Waals surface area (Å²) in [6.45, 7) is 6.97. The Labute approximate surface area is 151 Å². The second-order valence-electron chi connectivity index (χ2n) is 6.78. The van der Waals surface area contributed by atoms with Gasteiger partial charge in [-0.2, -0.15) is 0 Å². The van der Waals surface area contributed by atoms with E-state index in [1.165, 1.54) is 17.2 Å². The normalized spacial score (nSPS) is 21.0. The van der Waals surface area contributed by atoms with Crippen molar-refractivity contribution in [2.45, 2.75) is 44.9 Å². The number of hydrogen-bond acceptors (Lipinski definition) is 6. The molecular weight excluding hydrogens is 336 g/mol. The number of nitrogens with zero attached hydrogens (tertiary/aromatic N) is 5. The Kier molecular flexibility index (Phi) is 4.82. The van der Waals surface area contributed by atoms with Gasteiger partial charge in [-0.05, 0) is 19.8 Å². The lowest BCUT2D eigenvalue weighted by Gasteiger charge is -2.41. The highest BCUT2D eigenvalue weighted by molar-refractivity contribution is 7.13. The van der Waals surface area contributed by atoms with Gasteiger partial charge in [0.15, 0.2) is 5.13 Å². The zero-order valence-corrected chi connectivity index (χ0v) is 15.3. The molecule has 25 heavy (non-hydrogen) atoms. The number of carbonyl (C=O) groups excluding carboxylic acids is 1. The quantitative estimate of drug-likeness (QED) is 0.898. The van der Waals surface area contributed by atoms with E-state index in [4.69, 9.17) is 0 Å². The number of hydrogen-bond donors (Lipinski definition) is 1. The summed E-state index contributed by atoms with van der Waals surface area (Å²) in [4.78, 5) is 25.8. The third-order valence-corrected chi connectivity index (χ3v) is 6.07. The SMILES string of the molecule is C[C@@H](C(=O)Nc1nccs1)N1CCC(N2CCn3ccnc3C2)CC1. The molecule has 134 valence electrons. The maximum Gasteiger partial charge on any atom is 0.243 e. The minimum atomic E-state index is -0.120. The van der Waals surface area contributed by atoms with Gasteiger partial charge in [0.25, 0.3) is 0 Å². The number of fused-ring (bicyclic) bond motifs is 1. The smallest absolute Gasteiger partial charge is 0.243 e. The van der Waals surface area contributed by atoms with Crippen LogP contribution in [0.5, 0.6) is 0 Å². The van der Waals surface area contributed by atoms with Crippen LogP contribution in [0.1, 0.15) is 25.6 Å². The molecule has 0 aliphatic carbocycles. The monoisotopic (exact) mass is 360 g/mol. The first kappa shape index (κ1) is 16.7. The van der Waals surface area contributed by atoms with Gasteiger partial charge in [-0.25, -0.2) is 9.97 Å². The van der Waals surface area contributed by atoms with E-state index in [-0.39, 0.29) is 11.9 Å². The number of thiazole rings is 1. The van der Waals surface area contributed by atoms with Crippen molar-refractivity contribution in [1.82, 2.24) is 24.3 Å². The second-order valence-corrected chi connectivity index (χ2v) is 7.67. The van der Waals surface area contributed by atoms with Crippen molar-refractivity contribution in [2.75, 3.05) is 25.0 Å². The molecule has 0 bridgehead atoms. The summed E-state index contributed by atoms with van der Waals surface area (Å²) in [5.74, 6) is 1.21. The molecule has 2 aromatic rings. The largest absolute Gasteiger partial charge is 0.333 e. The van der Waals surface area contributed by atoms with Gasteiger partial charge in [-0.15, -0.1) is 11.3 Å². The number of amides is 1. The number of anilines is 1. The standard InChI is InChI=1S/C17H24N6OS/c1-13(16(24)20-17-19-5-11-25-17)21-6-2-14(3-7-21)23-10-9-22-8-4-18-15(22)12-23/h4-5,8,11,13-14H,2-3,6-7,9-10,12H2,1H3,(H,19,20,24)/t13-/m0/s1. The van der Waals surface area contributed by atoms with E-state index in [9.17, 15) is 4.79 Å². The van der Waals surface area contributed by atoms with Crippen molar-refractivity contribution in [3.05, 3.63) is 29.8 Å². The van der Waals surface area contributed by atoms with Gasteiger partial charge in [0.2, 0.25) is 5.91 Å². The summed E-state index contributed by atoms with van der Waals surface area (Å²) >= 11 is 1.45. The number of carbonyl (C=O) groups is 1. The second kappa shape index (κ2) is 7.23. The molecule has 1 saturated heterocycles. The van der Waals surface area contributed by atoms with Crippen LogP contribution >= 0.6 is 11.3 Å². The van der Waals surface area contributed by atoms with Crippen molar-refractivity contribution < 1.29 is 4.79 Å². The van der Waals surface area contributed by atoms with Gasteiger partial charge in [0.05, 0.1) is 12.6 Å². The fourth-order valence-corrected chi connectivity index (χ4v) is 4.33. The molecule has 7 nitrogen and oxygen atoms in total. The van der Waals surface area contributed by atoms with Crippen LogP contribution in [0.25, 0.3) is 0 Å². The highest BCUT2D eigenvalue weighted by Gasteiger charge is 2.31. The van der Waals surface area contributed by atoms with Crippen LogP contribution in [0.3, 0.4) is 0 Å². The average Bonchev–Trinajstić information content (AvgIpc) is 3.32. The van der Waals surface area contributed by atoms with E-state index >= 15 is 0 Å². The maximum atomic E-state index is 12.4. The Morgan fingerprint density at radius 1 is 1.24 bits per heavy atom. The molecule has 0 spiro atoms. The molecule has 2 aliphatic rings. The van der Waals surface area contributed by atoms with E-state index in [1.54, 1.807) is 6.20 Å². The van der Waals surface area contributed by atoms with Crippen molar-refractivity contribution in [1.29, 1.82) is 0 Å². The third-order valence-electron chi connectivity index (χ3n) is 5.38. The first-order chi connectivity index (χ1) is 12.2. The number of likely N-dealkylation sites (tertiary alicyclic amines) is 1. The van der Waals surface area contributed by atoms with Crippen molar-refractivity contribution in [2.24, 2.45) is 0 Å². The maximum absolute atomic E-state index is 12.4. The van der Waals surface area contributed by atoms with Crippen molar-refractivity contribution in [3.63, 3.8) is 0 Å². The molecule has 0 unspecified atom stereocenters. The molecule has 2 aliphatic heterocycles. The van der Waals surface area contributed by atoms with E-state index in [1.807, 2.05) is 18.5 Å². The highest BCUT2D eigenvalue weighted by Crippen LogP contribution is 2.23. The van der Waals surface area contributed by atoms with E-state index in [0.717, 1.165) is 45.6 Å². The van der Waals surface area contributed by atoms with E-state index in [0.29, 0.717) is 11.2 Å². The number of aromatic nitrogens is 3. The van der Waals surface area contributed by atoms with Crippen LogP contribution in [-0.2, 0) is 17.9 Å². The highest BCUT2D eigenvalue weighted by atomic mass is 32.1. The third kappa shape index (κ3) is 3.61. The number of imidazole rings is 1. The minimum absolute atomic E-state index is 0.0356. The van der Waals surface area contributed by atoms with Gasteiger partial charge in [-0.1, -0.05) is 0 Å². The first-order valence-corrected chi connectivity index (χ1v) is 9.77. The molecule has 2 aromatic heterocycles. The van der Waals surface area contributed by atoms with Gasteiger partial charge >= 0.3 is 0 Å². The van der Waals surface area contributed by atoms with E-state index < -0.39 is 0 Å². The average molecular weight is 360 g/mol. The molecule has 1 atom stereocenters. The number of nitrogens with one attached hydrogen (secondary N) is 1. The van der Waals surface area contributed by atoms with Crippen LogP contribution in [-0.4, -0.2) is 62.0 Å². The Hall–Kier alpha value is -1.77. The molecule has 0 aromatic carbocycles. The van der Waals surface area contributed by atoms with Gasteiger partial charge in [0.1, 0.15) is 5.82 Å². The summed E-state index contributed by atoms with van der Waals surface area (Å²) in [6, 6.07) is 0.473. The molecular formula is C17H24N6OS. The summed E-state index contributed by atoms with van der Waals surface area (Å²) in [6.07, 6.45) is 7.88. The van der Waals surface area contributed by atoms with E-state index in [2.05, 4.69) is 35.8 Å². The first-order valence-electron chi connectivity index (χ1n) is 8.89. The van der Waals surface area contributed by atoms with Crippen molar-refractivity contribution in [3.8, 4) is 0 Å². The minimum Gasteiger partial charge on any atom is -0.333 e. The fourth-order valence-electron chi connectivity index (χ4n) is 3.80. The van der Waals surface area contributed by atoms with Crippen LogP contribution < -0.4 is 5.32 Å². The lowest BCUT2D eigenvalue weighted by molar-refractivity contribution is -0.121. The van der Waals surface area contributed by atoms with Gasteiger partial charge < -0.3 is 9.88 Å². The molecule has 1 fully saturated rings. The Balaban J connectivity index is 1.29. The zero-order chi connectivity index (χ0) is 17.2. The molecule has 4 heterocycles.